The topological polar surface area (TPSA) is 55.0 Å². The van der Waals surface area contributed by atoms with Crippen molar-refractivity contribution in [3.05, 3.63) is 23.0 Å². The molecule has 0 atom stereocenters. The van der Waals surface area contributed by atoms with E-state index >= 15 is 0 Å². The molecule has 0 amide bonds. The van der Waals surface area contributed by atoms with Crippen molar-refractivity contribution in [1.29, 1.82) is 5.26 Å². The second kappa shape index (κ2) is 3.95. The molecular formula is C10H11ClN2O2. The molecule has 0 unspecified atom stereocenters. The highest BCUT2D eigenvalue weighted by Crippen LogP contribution is 2.17. The number of aromatic nitrogens is 1. The minimum atomic E-state index is -0.644. The third-order valence-electron chi connectivity index (χ3n) is 1.52. The monoisotopic (exact) mass is 226 g/mol. The van der Waals surface area contributed by atoms with E-state index < -0.39 is 11.7 Å². The Labute approximate surface area is 93.0 Å². The summed E-state index contributed by atoms with van der Waals surface area (Å²) in [5.74, 6) is 0. The van der Waals surface area contributed by atoms with E-state index in [1.165, 1.54) is 12.1 Å². The smallest absolute Gasteiger partial charge is 0.420 e. The number of halogens is 1. The molecule has 0 spiro atoms. The van der Waals surface area contributed by atoms with Crippen LogP contribution in [0.25, 0.3) is 0 Å². The van der Waals surface area contributed by atoms with Gasteiger partial charge in [-0.1, -0.05) is 11.6 Å². The zero-order chi connectivity index (χ0) is 11.6. The van der Waals surface area contributed by atoms with Crippen LogP contribution in [-0.2, 0) is 4.74 Å². The lowest BCUT2D eigenvalue weighted by Crippen LogP contribution is -2.27. The minimum Gasteiger partial charge on any atom is -0.443 e. The lowest BCUT2D eigenvalue weighted by molar-refractivity contribution is 0.0536. The fourth-order valence-electron chi connectivity index (χ4n) is 0.992. The molecule has 0 N–H and O–H groups in total. The molecule has 1 heterocycles. The van der Waals surface area contributed by atoms with Gasteiger partial charge in [-0.15, -0.1) is 0 Å². The fraction of sp³-hybridized carbons (Fsp3) is 0.400. The van der Waals surface area contributed by atoms with Crippen molar-refractivity contribution < 1.29 is 9.53 Å². The summed E-state index contributed by atoms with van der Waals surface area (Å²) in [4.78, 5) is 11.6. The van der Waals surface area contributed by atoms with Gasteiger partial charge in [0.15, 0.2) is 0 Å². The van der Waals surface area contributed by atoms with Crippen molar-refractivity contribution in [3.8, 4) is 6.07 Å². The second-order valence-corrected chi connectivity index (χ2v) is 4.36. The van der Waals surface area contributed by atoms with Gasteiger partial charge in [-0.25, -0.2) is 9.36 Å². The molecule has 1 aromatic rings. The van der Waals surface area contributed by atoms with Gasteiger partial charge in [-0.05, 0) is 32.9 Å². The molecule has 1 rings (SSSR count). The predicted molar refractivity (Wildman–Crippen MR) is 55.8 cm³/mol. The molecule has 5 heteroatoms. The average molecular weight is 227 g/mol. The highest BCUT2D eigenvalue weighted by molar-refractivity contribution is 6.30. The number of hydrogen-bond acceptors (Lipinski definition) is 3. The Bertz CT molecular complexity index is 424. The molecule has 0 aliphatic heterocycles. The van der Waals surface area contributed by atoms with Crippen LogP contribution in [0.15, 0.2) is 12.1 Å². The van der Waals surface area contributed by atoms with Crippen LogP contribution < -0.4 is 0 Å². The standard InChI is InChI=1S/C10H11ClN2O2/c1-10(2,3)15-9(14)13-7(6-12)4-5-8(13)11/h4-5H,1-3H3. The van der Waals surface area contributed by atoms with Gasteiger partial charge in [-0.2, -0.15) is 5.26 Å². The number of carbonyl (C=O) groups excluding carboxylic acids is 1. The van der Waals surface area contributed by atoms with Crippen LogP contribution in [0.5, 0.6) is 0 Å². The summed E-state index contributed by atoms with van der Waals surface area (Å²) in [7, 11) is 0. The zero-order valence-electron chi connectivity index (χ0n) is 8.74. The van der Waals surface area contributed by atoms with Gasteiger partial charge in [0.05, 0.1) is 0 Å². The number of nitriles is 1. The van der Waals surface area contributed by atoms with Gasteiger partial charge in [0.25, 0.3) is 0 Å². The number of nitrogens with zero attached hydrogens (tertiary/aromatic N) is 2. The summed E-state index contributed by atoms with van der Waals surface area (Å²) < 4.78 is 6.13. The molecule has 0 aliphatic rings. The van der Waals surface area contributed by atoms with Crippen molar-refractivity contribution in [2.45, 2.75) is 26.4 Å². The first-order chi connectivity index (χ1) is 6.85. The van der Waals surface area contributed by atoms with E-state index in [-0.39, 0.29) is 10.8 Å². The van der Waals surface area contributed by atoms with Crippen LogP contribution >= 0.6 is 11.6 Å². The Hall–Kier alpha value is -1.47. The number of carbonyl (C=O) groups is 1. The minimum absolute atomic E-state index is 0.161. The van der Waals surface area contributed by atoms with E-state index in [0.29, 0.717) is 0 Å². The van der Waals surface area contributed by atoms with Crippen molar-refractivity contribution in [2.24, 2.45) is 0 Å². The second-order valence-electron chi connectivity index (χ2n) is 3.97. The van der Waals surface area contributed by atoms with Crippen molar-refractivity contribution >= 4 is 17.7 Å². The predicted octanol–water partition coefficient (Wildman–Crippen LogP) is 2.80. The number of rotatable bonds is 0. The summed E-state index contributed by atoms with van der Waals surface area (Å²) in [5, 5.41) is 8.91. The summed E-state index contributed by atoms with van der Waals surface area (Å²) in [6.07, 6.45) is -0.644. The van der Waals surface area contributed by atoms with Crippen LogP contribution in [0.3, 0.4) is 0 Å². The van der Waals surface area contributed by atoms with Crippen molar-refractivity contribution in [2.75, 3.05) is 0 Å². The van der Waals surface area contributed by atoms with E-state index in [2.05, 4.69) is 0 Å². The van der Waals surface area contributed by atoms with Crippen LogP contribution in [0.4, 0.5) is 4.79 Å². The third-order valence-corrected chi connectivity index (χ3v) is 1.82. The first-order valence-corrected chi connectivity index (χ1v) is 4.73. The van der Waals surface area contributed by atoms with E-state index in [4.69, 9.17) is 21.6 Å². The molecule has 0 bridgehead atoms. The molecule has 1 aromatic heterocycles. The fourth-order valence-corrected chi connectivity index (χ4v) is 1.22. The zero-order valence-corrected chi connectivity index (χ0v) is 9.50. The summed E-state index contributed by atoms with van der Waals surface area (Å²) in [6.45, 7) is 5.23. The normalized spacial score (nSPS) is 10.9. The molecule has 0 radical (unpaired) electrons. The van der Waals surface area contributed by atoms with Gasteiger partial charge < -0.3 is 4.74 Å². The van der Waals surface area contributed by atoms with E-state index in [1.807, 2.05) is 6.07 Å². The van der Waals surface area contributed by atoms with Gasteiger partial charge in [-0.3, -0.25) is 0 Å². The Morgan fingerprint density at radius 2 is 2.13 bits per heavy atom. The maximum Gasteiger partial charge on any atom is 0.420 e. The van der Waals surface area contributed by atoms with Gasteiger partial charge in [0.1, 0.15) is 22.5 Å². The van der Waals surface area contributed by atoms with Gasteiger partial charge >= 0.3 is 6.09 Å². The number of ether oxygens (including phenoxy) is 1. The Kier molecular flexibility index (Phi) is 3.06. The highest BCUT2D eigenvalue weighted by atomic mass is 35.5. The molecular weight excluding hydrogens is 216 g/mol. The Morgan fingerprint density at radius 3 is 2.60 bits per heavy atom. The highest BCUT2D eigenvalue weighted by Gasteiger charge is 2.21. The lowest BCUT2D eigenvalue weighted by atomic mass is 10.2. The first-order valence-electron chi connectivity index (χ1n) is 4.36. The van der Waals surface area contributed by atoms with Gasteiger partial charge in [0.2, 0.25) is 0 Å². The lowest BCUT2D eigenvalue weighted by Gasteiger charge is -2.20. The van der Waals surface area contributed by atoms with Gasteiger partial charge in [0, 0.05) is 0 Å². The maximum absolute atomic E-state index is 11.6. The Balaban J connectivity index is 3.02. The van der Waals surface area contributed by atoms with E-state index in [0.717, 1.165) is 4.57 Å². The average Bonchev–Trinajstić information content (AvgIpc) is 2.43. The van der Waals surface area contributed by atoms with Crippen LogP contribution in [0, 0.1) is 11.3 Å². The van der Waals surface area contributed by atoms with E-state index in [9.17, 15) is 4.79 Å². The quantitative estimate of drug-likeness (QED) is 0.684. The molecule has 80 valence electrons. The molecule has 0 saturated carbocycles. The molecule has 4 nitrogen and oxygen atoms in total. The van der Waals surface area contributed by atoms with E-state index in [1.54, 1.807) is 20.8 Å². The van der Waals surface area contributed by atoms with Crippen LogP contribution in [-0.4, -0.2) is 16.3 Å². The molecule has 0 saturated heterocycles. The largest absolute Gasteiger partial charge is 0.443 e. The maximum atomic E-state index is 11.6. The van der Waals surface area contributed by atoms with Crippen molar-refractivity contribution in [3.63, 3.8) is 0 Å². The molecule has 15 heavy (non-hydrogen) atoms. The summed E-state index contributed by atoms with van der Waals surface area (Å²) in [6, 6.07) is 4.80. The SMILES string of the molecule is CC(C)(C)OC(=O)n1c(Cl)ccc1C#N. The van der Waals surface area contributed by atoms with Crippen LogP contribution in [0.1, 0.15) is 26.5 Å². The number of hydrogen-bond donors (Lipinski definition) is 0. The molecule has 0 aromatic carbocycles. The third kappa shape index (κ3) is 2.74. The summed E-state index contributed by atoms with van der Waals surface area (Å²) in [5.41, 5.74) is -0.452. The van der Waals surface area contributed by atoms with Crippen molar-refractivity contribution in [1.82, 2.24) is 4.57 Å². The Morgan fingerprint density at radius 1 is 1.53 bits per heavy atom. The molecule has 0 aliphatic carbocycles. The van der Waals surface area contributed by atoms with Crippen LogP contribution in [0.2, 0.25) is 5.15 Å². The molecule has 0 fully saturated rings. The first kappa shape index (κ1) is 11.6. The summed E-state index contributed by atoms with van der Waals surface area (Å²) >= 11 is 5.76.